The molecule has 2 aliphatic rings. The van der Waals surface area contributed by atoms with Gasteiger partial charge in [-0.05, 0) is 103 Å². The Balaban J connectivity index is 0.891. The van der Waals surface area contributed by atoms with Gasteiger partial charge in [0.25, 0.3) is 0 Å². The molecule has 0 bridgehead atoms. The van der Waals surface area contributed by atoms with Gasteiger partial charge in [0.05, 0.1) is 23.6 Å². The molecule has 1 atom stereocenters. The van der Waals surface area contributed by atoms with Crippen LogP contribution < -0.4 is 9.80 Å². The fourth-order valence-electron chi connectivity index (χ4n) is 11.0. The first-order valence-corrected chi connectivity index (χ1v) is 25.1. The minimum Gasteiger partial charge on any atom is -0.355 e. The van der Waals surface area contributed by atoms with Crippen LogP contribution in [0.15, 0.2) is 249 Å². The van der Waals surface area contributed by atoms with E-state index >= 15 is 0 Å². The van der Waals surface area contributed by atoms with Crippen molar-refractivity contribution in [2.24, 2.45) is 0 Å². The molecule has 2 heterocycles. The van der Waals surface area contributed by atoms with Crippen molar-refractivity contribution in [3.63, 3.8) is 0 Å². The second-order valence-corrected chi connectivity index (χ2v) is 19.5. The molecule has 73 heavy (non-hydrogen) atoms. The van der Waals surface area contributed by atoms with E-state index in [4.69, 9.17) is 15.0 Å². The molecule has 11 aromatic rings. The van der Waals surface area contributed by atoms with Gasteiger partial charge in [-0.1, -0.05) is 237 Å². The third-order valence-corrected chi connectivity index (χ3v) is 14.9. The molecule has 5 nitrogen and oxygen atoms in total. The van der Waals surface area contributed by atoms with E-state index in [1.807, 2.05) is 24.3 Å². The van der Waals surface area contributed by atoms with Crippen molar-refractivity contribution in [3.8, 4) is 89.8 Å². The third-order valence-electron chi connectivity index (χ3n) is 14.9. The van der Waals surface area contributed by atoms with Crippen molar-refractivity contribution in [1.29, 1.82) is 0 Å². The van der Waals surface area contributed by atoms with Gasteiger partial charge in [0.15, 0.2) is 17.5 Å². The summed E-state index contributed by atoms with van der Waals surface area (Å²) < 4.78 is 0. The Labute approximate surface area is 426 Å². The van der Waals surface area contributed by atoms with Gasteiger partial charge in [-0.2, -0.15) is 0 Å². The number of hydrogen-bond donors (Lipinski definition) is 0. The Morgan fingerprint density at radius 3 is 1.33 bits per heavy atom. The van der Waals surface area contributed by atoms with Crippen molar-refractivity contribution >= 4 is 32.9 Å². The monoisotopic (exact) mass is 937 g/mol. The second-order valence-electron chi connectivity index (χ2n) is 19.5. The molecule has 0 radical (unpaired) electrons. The van der Waals surface area contributed by atoms with E-state index in [-0.39, 0.29) is 5.54 Å². The smallest absolute Gasteiger partial charge is 0.164 e. The molecule has 0 N–H and O–H groups in total. The van der Waals surface area contributed by atoms with Crippen LogP contribution in [0.25, 0.3) is 111 Å². The van der Waals surface area contributed by atoms with Crippen molar-refractivity contribution in [3.05, 3.63) is 249 Å². The molecule has 1 aliphatic carbocycles. The molecule has 348 valence electrons. The highest BCUT2D eigenvalue weighted by atomic mass is 15.4. The quantitative estimate of drug-likeness (QED) is 0.144. The normalized spacial score (nSPS) is 15.0. The molecule has 0 saturated carbocycles. The number of anilines is 2. The number of nitrogens with zero attached hydrogens (tertiary/aromatic N) is 5. The van der Waals surface area contributed by atoms with Gasteiger partial charge >= 0.3 is 0 Å². The van der Waals surface area contributed by atoms with Crippen LogP contribution in [0, 0.1) is 0 Å². The maximum atomic E-state index is 5.13. The van der Waals surface area contributed by atoms with Crippen molar-refractivity contribution in [2.45, 2.75) is 18.9 Å². The minimum absolute atomic E-state index is 0.0488. The molecule has 1 aromatic heterocycles. The zero-order valence-electron chi connectivity index (χ0n) is 40.8. The first-order valence-electron chi connectivity index (χ1n) is 25.1. The standard InChI is InChI=1S/C68H51N5/c1-68(42-14-5-15-43-68)73-45-72(2)62-44-56(38-41-61(62)73)48-24-28-51(29-25-48)59-39-36-49-18-10-12-22-57(49)63(59)64-58-23-13-11-19-50(58)37-40-60(64)52-30-34-55(35-31-52)67-70-65(53-20-8-4-9-21-53)69-66(71-67)54-32-26-47(27-33-54)46-16-6-3-7-17-46/h3-42,44H,43,45H2,1-2H3. The highest BCUT2D eigenvalue weighted by Gasteiger charge is 2.36. The first-order chi connectivity index (χ1) is 35.9. The molecular formula is C68H51N5. The fourth-order valence-corrected chi connectivity index (χ4v) is 11.0. The van der Waals surface area contributed by atoms with E-state index in [1.54, 1.807) is 0 Å². The third kappa shape index (κ3) is 8.05. The second kappa shape index (κ2) is 18.2. The van der Waals surface area contributed by atoms with E-state index in [1.165, 1.54) is 71.9 Å². The van der Waals surface area contributed by atoms with Crippen LogP contribution in [0.5, 0.6) is 0 Å². The lowest BCUT2D eigenvalue weighted by molar-refractivity contribution is 0.526. The van der Waals surface area contributed by atoms with Crippen molar-refractivity contribution < 1.29 is 0 Å². The minimum atomic E-state index is -0.0488. The molecule has 0 spiro atoms. The number of benzene rings is 10. The molecule has 0 amide bonds. The molecule has 1 unspecified atom stereocenters. The summed E-state index contributed by atoms with van der Waals surface area (Å²) in [5.74, 6) is 1.89. The van der Waals surface area contributed by atoms with Crippen molar-refractivity contribution in [2.75, 3.05) is 23.5 Å². The van der Waals surface area contributed by atoms with Crippen LogP contribution >= 0.6 is 0 Å². The zero-order chi connectivity index (χ0) is 48.9. The number of allylic oxidation sites excluding steroid dienone is 2. The van der Waals surface area contributed by atoms with Crippen LogP contribution in [-0.2, 0) is 0 Å². The molecule has 13 rings (SSSR count). The van der Waals surface area contributed by atoms with Crippen LogP contribution in [0.1, 0.15) is 13.3 Å². The number of hydrogen-bond acceptors (Lipinski definition) is 5. The SMILES string of the molecule is CN1CN(C2(C)C=CC=CC2)c2ccc(-c3ccc(-c4ccc5ccccc5c4-c4c(-c5ccc(-c6nc(-c7ccccc7)nc(-c7ccc(-c8ccccc8)cc7)n6)cc5)ccc5ccccc45)cc3)cc21. The summed E-state index contributed by atoms with van der Waals surface area (Å²) in [5, 5.41) is 4.81. The average Bonchev–Trinajstić information content (AvgIpc) is 3.81. The summed E-state index contributed by atoms with van der Waals surface area (Å²) >= 11 is 0. The summed E-state index contributed by atoms with van der Waals surface area (Å²) in [6.45, 7) is 3.20. The van der Waals surface area contributed by atoms with Gasteiger partial charge in [0.2, 0.25) is 0 Å². The topological polar surface area (TPSA) is 45.2 Å². The van der Waals surface area contributed by atoms with E-state index in [2.05, 4.69) is 248 Å². The van der Waals surface area contributed by atoms with Crippen LogP contribution in [0.3, 0.4) is 0 Å². The molecular weight excluding hydrogens is 887 g/mol. The van der Waals surface area contributed by atoms with E-state index in [0.29, 0.717) is 17.5 Å². The zero-order valence-corrected chi connectivity index (χ0v) is 40.8. The summed E-state index contributed by atoms with van der Waals surface area (Å²) in [5.41, 5.74) is 17.1. The van der Waals surface area contributed by atoms with Crippen LogP contribution in [0.2, 0.25) is 0 Å². The number of aromatic nitrogens is 3. The Morgan fingerprint density at radius 1 is 0.384 bits per heavy atom. The molecule has 0 saturated heterocycles. The van der Waals surface area contributed by atoms with Crippen molar-refractivity contribution in [1.82, 2.24) is 15.0 Å². The summed E-state index contributed by atoms with van der Waals surface area (Å²) in [6, 6.07) is 80.7. The van der Waals surface area contributed by atoms with E-state index < -0.39 is 0 Å². The largest absolute Gasteiger partial charge is 0.355 e. The molecule has 0 fully saturated rings. The Bertz CT molecular complexity index is 3920. The predicted octanol–water partition coefficient (Wildman–Crippen LogP) is 17.0. The average molecular weight is 938 g/mol. The lowest BCUT2D eigenvalue weighted by atomic mass is 9.83. The Hall–Kier alpha value is -9.19. The van der Waals surface area contributed by atoms with Gasteiger partial charge in [-0.15, -0.1) is 0 Å². The van der Waals surface area contributed by atoms with Gasteiger partial charge in [0, 0.05) is 23.7 Å². The number of rotatable bonds is 9. The summed E-state index contributed by atoms with van der Waals surface area (Å²) in [4.78, 5) is 20.1. The molecule has 1 aliphatic heterocycles. The number of fused-ring (bicyclic) bond motifs is 3. The predicted molar refractivity (Wildman–Crippen MR) is 305 cm³/mol. The molecule has 5 heteroatoms. The highest BCUT2D eigenvalue weighted by molar-refractivity contribution is 6.15. The van der Waals surface area contributed by atoms with Crippen LogP contribution in [0.4, 0.5) is 11.4 Å². The van der Waals surface area contributed by atoms with E-state index in [9.17, 15) is 0 Å². The Morgan fingerprint density at radius 2 is 0.808 bits per heavy atom. The maximum absolute atomic E-state index is 5.13. The van der Waals surface area contributed by atoms with Gasteiger partial charge < -0.3 is 9.80 Å². The lowest BCUT2D eigenvalue weighted by Gasteiger charge is -2.38. The Kier molecular flexibility index (Phi) is 10.9. The van der Waals surface area contributed by atoms with Gasteiger partial charge in [-0.3, -0.25) is 0 Å². The summed E-state index contributed by atoms with van der Waals surface area (Å²) in [6.07, 6.45) is 9.94. The first kappa shape index (κ1) is 43.8. The molecule has 10 aromatic carbocycles. The van der Waals surface area contributed by atoms with Crippen LogP contribution in [-0.4, -0.2) is 34.2 Å². The highest BCUT2D eigenvalue weighted by Crippen LogP contribution is 2.48. The van der Waals surface area contributed by atoms with E-state index in [0.717, 1.165) is 46.5 Å². The fraction of sp³-hybridized carbons (Fsp3) is 0.0735. The van der Waals surface area contributed by atoms with Gasteiger partial charge in [-0.25, -0.2) is 15.0 Å². The lowest BCUT2D eigenvalue weighted by Crippen LogP contribution is -2.46. The summed E-state index contributed by atoms with van der Waals surface area (Å²) in [7, 11) is 2.20. The van der Waals surface area contributed by atoms with Gasteiger partial charge in [0.1, 0.15) is 0 Å². The maximum Gasteiger partial charge on any atom is 0.164 e.